The molecule has 0 bridgehead atoms. The Labute approximate surface area is 164 Å². The predicted octanol–water partition coefficient (Wildman–Crippen LogP) is 2.55. The normalized spacial score (nSPS) is 18.7. The van der Waals surface area contributed by atoms with Crippen molar-refractivity contribution in [1.29, 1.82) is 0 Å². The second kappa shape index (κ2) is 8.20. The first-order chi connectivity index (χ1) is 11.3. The second-order valence-electron chi connectivity index (χ2n) is 6.56. The summed E-state index contributed by atoms with van der Waals surface area (Å²) in [4.78, 5) is 29.1. The van der Waals surface area contributed by atoms with Crippen molar-refractivity contribution in [1.82, 2.24) is 15.6 Å². The minimum atomic E-state index is -1.25. The van der Waals surface area contributed by atoms with Gasteiger partial charge in [-0.1, -0.05) is 11.6 Å². The van der Waals surface area contributed by atoms with Crippen LogP contribution >= 0.6 is 24.8 Å². The molecule has 3 N–H and O–H groups in total. The summed E-state index contributed by atoms with van der Waals surface area (Å²) in [5.74, 6) is -1.38. The van der Waals surface area contributed by atoms with Crippen molar-refractivity contribution >= 4 is 47.6 Å². The van der Waals surface area contributed by atoms with Crippen LogP contribution in [0.25, 0.3) is 10.9 Å². The maximum absolute atomic E-state index is 12.9. The molecule has 8 heteroatoms. The van der Waals surface area contributed by atoms with E-state index in [1.807, 2.05) is 32.9 Å². The van der Waals surface area contributed by atoms with E-state index < -0.39 is 11.5 Å². The largest absolute Gasteiger partial charge is 0.479 e. The molecule has 1 aromatic carbocycles. The van der Waals surface area contributed by atoms with Crippen LogP contribution in [-0.4, -0.2) is 40.6 Å². The first-order valence-corrected chi connectivity index (χ1v) is 7.98. The number of nitrogens with one attached hydrogen (secondary N) is 2. The SMILES string of the molecule is Cc1cc(C)c2nc(C)cc(C(=O)NC3(C(=O)O)CCNC3)c2c1.Cl.Cl. The van der Waals surface area contributed by atoms with Gasteiger partial charge in [-0.3, -0.25) is 9.78 Å². The number of carboxylic acid groups (broad SMARTS) is 1. The van der Waals surface area contributed by atoms with Crippen LogP contribution in [0.2, 0.25) is 0 Å². The van der Waals surface area contributed by atoms with Crippen molar-refractivity contribution in [3.8, 4) is 0 Å². The van der Waals surface area contributed by atoms with Crippen LogP contribution in [0.1, 0.15) is 33.6 Å². The molecule has 142 valence electrons. The monoisotopic (exact) mass is 399 g/mol. The Morgan fingerprint density at radius 3 is 2.46 bits per heavy atom. The standard InChI is InChI=1S/C18H21N3O3.2ClH/c1-10-6-11(2)15-13(7-10)14(8-12(3)20-15)16(22)21-18(17(23)24)4-5-19-9-18;;/h6-8,19H,4-5,9H2,1-3H3,(H,21,22)(H,23,24);2*1H. The van der Waals surface area contributed by atoms with Crippen molar-refractivity contribution in [3.63, 3.8) is 0 Å². The lowest BCUT2D eigenvalue weighted by Gasteiger charge is -2.25. The maximum atomic E-state index is 12.9. The highest BCUT2D eigenvalue weighted by molar-refractivity contribution is 6.08. The third kappa shape index (κ3) is 3.92. The molecule has 0 spiro atoms. The van der Waals surface area contributed by atoms with E-state index >= 15 is 0 Å². The molecule has 2 aromatic rings. The Kier molecular flexibility index (Phi) is 6.99. The highest BCUT2D eigenvalue weighted by Crippen LogP contribution is 2.25. The summed E-state index contributed by atoms with van der Waals surface area (Å²) >= 11 is 0. The van der Waals surface area contributed by atoms with Crippen LogP contribution in [0, 0.1) is 20.8 Å². The minimum Gasteiger partial charge on any atom is -0.479 e. The van der Waals surface area contributed by atoms with Crippen LogP contribution in [0.5, 0.6) is 0 Å². The summed E-state index contributed by atoms with van der Waals surface area (Å²) in [6.45, 7) is 6.56. The lowest BCUT2D eigenvalue weighted by atomic mass is 9.96. The molecule has 1 atom stereocenters. The van der Waals surface area contributed by atoms with Crippen LogP contribution in [0.15, 0.2) is 18.2 Å². The zero-order chi connectivity index (χ0) is 17.5. The van der Waals surface area contributed by atoms with Crippen molar-refractivity contribution in [2.45, 2.75) is 32.7 Å². The van der Waals surface area contributed by atoms with Gasteiger partial charge in [0.2, 0.25) is 0 Å². The number of carboxylic acids is 1. The van der Waals surface area contributed by atoms with Gasteiger partial charge in [0.15, 0.2) is 5.54 Å². The Morgan fingerprint density at radius 1 is 1.19 bits per heavy atom. The van der Waals surface area contributed by atoms with Gasteiger partial charge in [-0.2, -0.15) is 0 Å². The lowest BCUT2D eigenvalue weighted by molar-refractivity contribution is -0.143. The van der Waals surface area contributed by atoms with E-state index in [2.05, 4.69) is 15.6 Å². The third-order valence-electron chi connectivity index (χ3n) is 4.54. The van der Waals surface area contributed by atoms with Gasteiger partial charge in [0, 0.05) is 17.6 Å². The Hall–Kier alpha value is -1.89. The molecule has 6 nitrogen and oxygen atoms in total. The number of pyridine rings is 1. The van der Waals surface area contributed by atoms with E-state index in [4.69, 9.17) is 0 Å². The van der Waals surface area contributed by atoms with E-state index in [1.54, 1.807) is 6.07 Å². The van der Waals surface area contributed by atoms with Crippen molar-refractivity contribution in [2.75, 3.05) is 13.1 Å². The number of carbonyl (C=O) groups excluding carboxylic acids is 1. The van der Waals surface area contributed by atoms with Crippen LogP contribution in [0.4, 0.5) is 0 Å². The number of carbonyl (C=O) groups is 2. The van der Waals surface area contributed by atoms with Crippen molar-refractivity contribution in [2.24, 2.45) is 0 Å². The van der Waals surface area contributed by atoms with Crippen molar-refractivity contribution in [3.05, 3.63) is 40.6 Å². The number of fused-ring (bicyclic) bond motifs is 1. The number of aryl methyl sites for hydroxylation is 3. The molecule has 0 aliphatic carbocycles. The number of rotatable bonds is 3. The number of benzene rings is 1. The lowest BCUT2D eigenvalue weighted by Crippen LogP contribution is -2.56. The van der Waals surface area contributed by atoms with Gasteiger partial charge in [0.25, 0.3) is 5.91 Å². The fourth-order valence-electron chi connectivity index (χ4n) is 3.32. The third-order valence-corrected chi connectivity index (χ3v) is 4.54. The Balaban J connectivity index is 0.00000169. The van der Waals surface area contributed by atoms with E-state index in [1.165, 1.54) is 0 Å². The fourth-order valence-corrected chi connectivity index (χ4v) is 3.32. The van der Waals surface area contributed by atoms with Gasteiger partial charge < -0.3 is 15.7 Å². The van der Waals surface area contributed by atoms with Crippen LogP contribution in [-0.2, 0) is 4.79 Å². The van der Waals surface area contributed by atoms with Gasteiger partial charge >= 0.3 is 5.97 Å². The number of aliphatic carboxylic acids is 1. The molecule has 1 unspecified atom stereocenters. The smallest absolute Gasteiger partial charge is 0.330 e. The second-order valence-corrected chi connectivity index (χ2v) is 6.56. The summed E-state index contributed by atoms with van der Waals surface area (Å²) in [6.07, 6.45) is 0.369. The minimum absolute atomic E-state index is 0. The summed E-state index contributed by atoms with van der Waals surface area (Å²) in [7, 11) is 0. The average Bonchev–Trinajstić information content (AvgIpc) is 2.97. The molecule has 1 aromatic heterocycles. The van der Waals surface area contributed by atoms with E-state index in [0.29, 0.717) is 18.5 Å². The van der Waals surface area contributed by atoms with Crippen LogP contribution < -0.4 is 10.6 Å². The first-order valence-electron chi connectivity index (χ1n) is 7.98. The van der Waals surface area contributed by atoms with Gasteiger partial charge in [-0.05, 0) is 51.4 Å². The molecule has 26 heavy (non-hydrogen) atoms. The van der Waals surface area contributed by atoms with E-state index in [0.717, 1.165) is 27.7 Å². The molecule has 3 rings (SSSR count). The summed E-state index contributed by atoms with van der Waals surface area (Å²) < 4.78 is 0. The number of amides is 1. The molecule has 1 saturated heterocycles. The number of hydrogen-bond acceptors (Lipinski definition) is 4. The highest BCUT2D eigenvalue weighted by atomic mass is 35.5. The first kappa shape index (κ1) is 22.2. The molecule has 1 amide bonds. The number of aromatic nitrogens is 1. The van der Waals surface area contributed by atoms with E-state index in [9.17, 15) is 14.7 Å². The molecule has 0 saturated carbocycles. The molecule has 1 fully saturated rings. The van der Waals surface area contributed by atoms with Gasteiger partial charge in [0.05, 0.1) is 11.1 Å². The zero-order valence-electron chi connectivity index (χ0n) is 14.9. The predicted molar refractivity (Wildman–Crippen MR) is 106 cm³/mol. The average molecular weight is 400 g/mol. The van der Waals surface area contributed by atoms with E-state index in [-0.39, 0.29) is 37.3 Å². The Bertz CT molecular complexity index is 849. The number of halogens is 2. The summed E-state index contributed by atoms with van der Waals surface area (Å²) in [5, 5.41) is 16.0. The number of nitrogens with zero attached hydrogens (tertiary/aromatic N) is 1. The summed E-state index contributed by atoms with van der Waals surface area (Å²) in [5.41, 5.74) is 2.76. The van der Waals surface area contributed by atoms with Gasteiger partial charge in [0.1, 0.15) is 0 Å². The van der Waals surface area contributed by atoms with Gasteiger partial charge in [-0.15, -0.1) is 24.8 Å². The molecule has 2 heterocycles. The quantitative estimate of drug-likeness (QED) is 0.737. The molecular weight excluding hydrogens is 377 g/mol. The molecule has 0 radical (unpaired) electrons. The van der Waals surface area contributed by atoms with Crippen molar-refractivity contribution < 1.29 is 14.7 Å². The molecule has 1 aliphatic rings. The highest BCUT2D eigenvalue weighted by Gasteiger charge is 2.43. The number of hydrogen-bond donors (Lipinski definition) is 3. The maximum Gasteiger partial charge on any atom is 0.330 e. The molecule has 1 aliphatic heterocycles. The van der Waals surface area contributed by atoms with Crippen LogP contribution in [0.3, 0.4) is 0 Å². The zero-order valence-corrected chi connectivity index (χ0v) is 16.5. The topological polar surface area (TPSA) is 91.3 Å². The Morgan fingerprint density at radius 2 is 1.88 bits per heavy atom. The summed E-state index contributed by atoms with van der Waals surface area (Å²) in [6, 6.07) is 5.66. The van der Waals surface area contributed by atoms with Gasteiger partial charge in [-0.25, -0.2) is 4.79 Å². The molecular formula is C18H23Cl2N3O3. The fraction of sp³-hybridized carbons (Fsp3) is 0.389.